The molecule has 0 amide bonds. The summed E-state index contributed by atoms with van der Waals surface area (Å²) >= 11 is 0. The van der Waals surface area contributed by atoms with Gasteiger partial charge in [0.05, 0.1) is 0 Å². The third-order valence-corrected chi connectivity index (χ3v) is 3.07. The minimum absolute atomic E-state index is 0.0393. The average molecular weight is 213 g/mol. The topological polar surface area (TPSA) is 60.2 Å². The van der Waals surface area contributed by atoms with Crippen LogP contribution in [-0.4, -0.2) is 17.3 Å². The fourth-order valence-electron chi connectivity index (χ4n) is 2.17. The standard InChI is InChI=1S/C11H19NO3/c13-11(10-6-3-4-7-10)8-2-1-5-9-12(14)15/h10H,1-9H2. The number of carbonyl (C=O) groups is 1. The van der Waals surface area contributed by atoms with Gasteiger partial charge >= 0.3 is 0 Å². The van der Waals surface area contributed by atoms with Gasteiger partial charge < -0.3 is 0 Å². The van der Waals surface area contributed by atoms with Crippen LogP contribution in [0.2, 0.25) is 0 Å². The molecule has 1 aliphatic carbocycles. The second-order valence-electron chi connectivity index (χ2n) is 4.31. The Morgan fingerprint density at radius 3 is 2.47 bits per heavy atom. The van der Waals surface area contributed by atoms with Crippen LogP contribution < -0.4 is 0 Å². The van der Waals surface area contributed by atoms with E-state index >= 15 is 0 Å². The lowest BCUT2D eigenvalue weighted by atomic mass is 9.98. The van der Waals surface area contributed by atoms with E-state index in [4.69, 9.17) is 0 Å². The van der Waals surface area contributed by atoms with Gasteiger partial charge in [-0.05, 0) is 25.7 Å². The van der Waals surface area contributed by atoms with Crippen LogP contribution in [0.4, 0.5) is 0 Å². The molecule has 4 nitrogen and oxygen atoms in total. The molecule has 1 rings (SSSR count). The molecule has 0 radical (unpaired) electrons. The van der Waals surface area contributed by atoms with E-state index in [9.17, 15) is 14.9 Å². The summed E-state index contributed by atoms with van der Waals surface area (Å²) in [6, 6.07) is 0. The lowest BCUT2D eigenvalue weighted by Gasteiger charge is -2.06. The average Bonchev–Trinajstić information content (AvgIpc) is 2.69. The van der Waals surface area contributed by atoms with Crippen LogP contribution in [0.3, 0.4) is 0 Å². The molecule has 0 bridgehead atoms. The summed E-state index contributed by atoms with van der Waals surface area (Å²) in [4.78, 5) is 21.4. The van der Waals surface area contributed by atoms with Crippen molar-refractivity contribution in [1.82, 2.24) is 0 Å². The molecule has 1 fully saturated rings. The van der Waals surface area contributed by atoms with Crippen LogP contribution in [0.5, 0.6) is 0 Å². The minimum atomic E-state index is -0.293. The Bertz CT molecular complexity index is 222. The number of ketones is 1. The molecule has 0 aromatic carbocycles. The number of carbonyl (C=O) groups excluding carboxylic acids is 1. The molecular weight excluding hydrogens is 194 g/mol. The highest BCUT2D eigenvalue weighted by Crippen LogP contribution is 2.26. The third-order valence-electron chi connectivity index (χ3n) is 3.07. The molecule has 1 saturated carbocycles. The molecule has 4 heteroatoms. The third kappa shape index (κ3) is 4.91. The van der Waals surface area contributed by atoms with E-state index in [0.717, 1.165) is 25.7 Å². The Kier molecular flexibility index (Phi) is 5.29. The first kappa shape index (κ1) is 12.1. The van der Waals surface area contributed by atoms with E-state index in [1.807, 2.05) is 0 Å². The van der Waals surface area contributed by atoms with E-state index in [0.29, 0.717) is 24.5 Å². The number of unbranched alkanes of at least 4 members (excludes halogenated alkanes) is 2. The number of hydrogen-bond donors (Lipinski definition) is 0. The first-order valence-electron chi connectivity index (χ1n) is 5.84. The quantitative estimate of drug-likeness (QED) is 0.371. The van der Waals surface area contributed by atoms with Crippen LogP contribution in [0.15, 0.2) is 0 Å². The van der Waals surface area contributed by atoms with Gasteiger partial charge in [0, 0.05) is 23.7 Å². The van der Waals surface area contributed by atoms with Crippen molar-refractivity contribution in [3.63, 3.8) is 0 Å². The van der Waals surface area contributed by atoms with Gasteiger partial charge in [0.15, 0.2) is 0 Å². The number of Topliss-reactive ketones (excluding diaryl/α,β-unsaturated/α-hetero) is 1. The predicted molar refractivity (Wildman–Crippen MR) is 57.3 cm³/mol. The zero-order valence-corrected chi connectivity index (χ0v) is 9.11. The summed E-state index contributed by atoms with van der Waals surface area (Å²) in [6.07, 6.45) is 7.37. The van der Waals surface area contributed by atoms with Crippen molar-refractivity contribution in [2.24, 2.45) is 5.92 Å². The molecule has 0 unspecified atom stereocenters. The van der Waals surface area contributed by atoms with Gasteiger partial charge in [0.1, 0.15) is 5.78 Å². The Labute approximate surface area is 90.2 Å². The van der Waals surface area contributed by atoms with Crippen molar-refractivity contribution < 1.29 is 9.72 Å². The number of rotatable bonds is 7. The van der Waals surface area contributed by atoms with Crippen molar-refractivity contribution in [3.8, 4) is 0 Å². The maximum absolute atomic E-state index is 11.6. The van der Waals surface area contributed by atoms with Crippen LogP contribution >= 0.6 is 0 Å². The van der Waals surface area contributed by atoms with Crippen LogP contribution in [0.1, 0.15) is 51.4 Å². The highest BCUT2D eigenvalue weighted by atomic mass is 16.6. The molecule has 0 aliphatic heterocycles. The molecular formula is C11H19NO3. The van der Waals surface area contributed by atoms with E-state index < -0.39 is 0 Å². The molecule has 0 heterocycles. The highest BCUT2D eigenvalue weighted by Gasteiger charge is 2.21. The Morgan fingerprint density at radius 2 is 1.87 bits per heavy atom. The number of hydrogen-bond acceptors (Lipinski definition) is 3. The highest BCUT2D eigenvalue weighted by molar-refractivity contribution is 5.81. The Hall–Kier alpha value is -0.930. The lowest BCUT2D eigenvalue weighted by molar-refractivity contribution is -0.480. The van der Waals surface area contributed by atoms with Gasteiger partial charge in [-0.1, -0.05) is 12.8 Å². The molecule has 0 aromatic rings. The van der Waals surface area contributed by atoms with Crippen molar-refractivity contribution in [2.45, 2.75) is 51.4 Å². The van der Waals surface area contributed by atoms with Crippen LogP contribution in [0, 0.1) is 16.0 Å². The summed E-state index contributed by atoms with van der Waals surface area (Å²) in [7, 11) is 0. The summed E-state index contributed by atoms with van der Waals surface area (Å²) in [5.74, 6) is 0.689. The monoisotopic (exact) mass is 213 g/mol. The molecule has 0 atom stereocenters. The maximum atomic E-state index is 11.6. The first-order chi connectivity index (χ1) is 7.20. The number of nitrogens with zero attached hydrogens (tertiary/aromatic N) is 1. The fourth-order valence-corrected chi connectivity index (χ4v) is 2.17. The summed E-state index contributed by atoms with van der Waals surface area (Å²) < 4.78 is 0. The van der Waals surface area contributed by atoms with Crippen molar-refractivity contribution in [1.29, 1.82) is 0 Å². The van der Waals surface area contributed by atoms with Crippen molar-refractivity contribution in [2.75, 3.05) is 6.54 Å². The summed E-state index contributed by atoms with van der Waals surface area (Å²) in [5.41, 5.74) is 0. The molecule has 1 aliphatic rings. The maximum Gasteiger partial charge on any atom is 0.203 e. The number of nitro groups is 1. The molecule has 15 heavy (non-hydrogen) atoms. The molecule has 0 N–H and O–H groups in total. The second-order valence-corrected chi connectivity index (χ2v) is 4.31. The molecule has 0 aromatic heterocycles. The van der Waals surface area contributed by atoms with Crippen LogP contribution in [0.25, 0.3) is 0 Å². The van der Waals surface area contributed by atoms with E-state index in [-0.39, 0.29) is 11.5 Å². The van der Waals surface area contributed by atoms with Gasteiger partial charge in [0.25, 0.3) is 0 Å². The molecule has 86 valence electrons. The lowest BCUT2D eigenvalue weighted by Crippen LogP contribution is -2.10. The van der Waals surface area contributed by atoms with Gasteiger partial charge in [-0.25, -0.2) is 0 Å². The zero-order chi connectivity index (χ0) is 11.1. The minimum Gasteiger partial charge on any atom is -0.299 e. The smallest absolute Gasteiger partial charge is 0.203 e. The van der Waals surface area contributed by atoms with Crippen LogP contribution in [-0.2, 0) is 4.79 Å². The SMILES string of the molecule is O=C(CCCCC[N+](=O)[O-])C1CCCC1. The van der Waals surface area contributed by atoms with Crippen molar-refractivity contribution >= 4 is 5.78 Å². The first-order valence-corrected chi connectivity index (χ1v) is 5.84. The van der Waals surface area contributed by atoms with Gasteiger partial charge in [0.2, 0.25) is 6.54 Å². The summed E-state index contributed by atoms with van der Waals surface area (Å²) in [5, 5.41) is 10.0. The summed E-state index contributed by atoms with van der Waals surface area (Å²) in [6.45, 7) is 0.0393. The normalized spacial score (nSPS) is 16.8. The largest absolute Gasteiger partial charge is 0.299 e. The molecule has 0 saturated heterocycles. The fraction of sp³-hybridized carbons (Fsp3) is 0.909. The predicted octanol–water partition coefficient (Wildman–Crippen LogP) is 2.58. The Balaban J connectivity index is 1.99. The van der Waals surface area contributed by atoms with E-state index in [2.05, 4.69) is 0 Å². The molecule has 0 spiro atoms. The van der Waals surface area contributed by atoms with E-state index in [1.54, 1.807) is 0 Å². The van der Waals surface area contributed by atoms with E-state index in [1.165, 1.54) is 12.8 Å². The zero-order valence-electron chi connectivity index (χ0n) is 9.11. The van der Waals surface area contributed by atoms with Gasteiger partial charge in [-0.3, -0.25) is 14.9 Å². The second kappa shape index (κ2) is 6.53. The van der Waals surface area contributed by atoms with Crippen molar-refractivity contribution in [3.05, 3.63) is 10.1 Å². The van der Waals surface area contributed by atoms with Gasteiger partial charge in [-0.15, -0.1) is 0 Å². The van der Waals surface area contributed by atoms with Gasteiger partial charge in [-0.2, -0.15) is 0 Å². The Morgan fingerprint density at radius 1 is 1.20 bits per heavy atom.